The van der Waals surface area contributed by atoms with Crippen molar-refractivity contribution in [3.8, 4) is 11.8 Å². The zero-order valence-electron chi connectivity index (χ0n) is 11.0. The van der Waals surface area contributed by atoms with Crippen LogP contribution in [0, 0.1) is 11.3 Å². The minimum atomic E-state index is -1.62. The number of benzene rings is 1. The Hall–Kier alpha value is -1.87. The lowest BCUT2D eigenvalue weighted by atomic mass is 10.1. The number of hydrogen-bond donors (Lipinski definition) is 1. The highest BCUT2D eigenvalue weighted by molar-refractivity contribution is 7.86. The molecule has 1 aromatic rings. The highest BCUT2D eigenvalue weighted by atomic mass is 32.2. The molecule has 0 saturated carbocycles. The number of ether oxygens (including phenoxy) is 1. The summed E-state index contributed by atoms with van der Waals surface area (Å²) in [7, 11) is -0.154. The van der Waals surface area contributed by atoms with Crippen LogP contribution in [0.5, 0.6) is 5.75 Å². The zero-order chi connectivity index (χ0) is 14.6. The Bertz CT molecular complexity index is 560. The monoisotopic (exact) mass is 281 g/mol. The van der Waals surface area contributed by atoms with Gasteiger partial charge in [-0.2, -0.15) is 5.26 Å². The maximum Gasteiger partial charge on any atom is 0.321 e. The average Bonchev–Trinajstić information content (AvgIpc) is 2.38. The number of methoxy groups -OCH3 is 1. The first-order chi connectivity index (χ1) is 8.82. The van der Waals surface area contributed by atoms with Crippen molar-refractivity contribution >= 4 is 16.8 Å². The summed E-state index contributed by atoms with van der Waals surface area (Å²) in [5.74, 6) is -0.604. The Morgan fingerprint density at radius 2 is 2.16 bits per heavy atom. The third kappa shape index (κ3) is 3.32. The minimum absolute atomic E-state index is 0.0258. The fourth-order valence-electron chi connectivity index (χ4n) is 1.38. The zero-order valence-corrected chi connectivity index (χ0v) is 11.8. The maximum atomic E-state index is 12.1. The molecule has 1 unspecified atom stereocenters. The van der Waals surface area contributed by atoms with E-state index in [1.54, 1.807) is 18.2 Å². The molecule has 1 atom stereocenters. The number of nitrogens with zero attached hydrogens (tertiary/aromatic N) is 1. The van der Waals surface area contributed by atoms with Crippen LogP contribution >= 0.6 is 0 Å². The molecule has 102 valence electrons. The summed E-state index contributed by atoms with van der Waals surface area (Å²) in [6, 6.07) is 6.75. The van der Waals surface area contributed by atoms with E-state index in [0.29, 0.717) is 16.9 Å². The minimum Gasteiger partial charge on any atom is -0.496 e. The van der Waals surface area contributed by atoms with Crippen LogP contribution in [0.3, 0.4) is 0 Å². The van der Waals surface area contributed by atoms with Crippen molar-refractivity contribution < 1.29 is 18.8 Å². The smallest absolute Gasteiger partial charge is 0.321 e. The highest BCUT2D eigenvalue weighted by Crippen LogP contribution is 2.25. The molecule has 0 spiro atoms. The van der Waals surface area contributed by atoms with Crippen molar-refractivity contribution in [3.63, 3.8) is 0 Å². The van der Waals surface area contributed by atoms with Crippen LogP contribution in [0.4, 0.5) is 0 Å². The molecule has 0 radical (unpaired) electrons. The van der Waals surface area contributed by atoms with Crippen molar-refractivity contribution in [2.45, 2.75) is 24.3 Å². The molecule has 0 aliphatic heterocycles. The highest BCUT2D eigenvalue weighted by Gasteiger charge is 2.34. The Labute approximate surface area is 114 Å². The number of hydrogen-bond acceptors (Lipinski definition) is 4. The molecule has 0 heterocycles. The summed E-state index contributed by atoms with van der Waals surface area (Å²) >= 11 is 0. The van der Waals surface area contributed by atoms with E-state index in [2.05, 4.69) is 0 Å². The van der Waals surface area contributed by atoms with Gasteiger partial charge in [0.15, 0.2) is 0 Å². The lowest BCUT2D eigenvalue weighted by Gasteiger charge is -2.19. The average molecular weight is 281 g/mol. The molecule has 1 aromatic carbocycles. The predicted octanol–water partition coefficient (Wildman–Crippen LogP) is 1.68. The van der Waals surface area contributed by atoms with Gasteiger partial charge in [-0.25, -0.2) is 0 Å². The van der Waals surface area contributed by atoms with Crippen molar-refractivity contribution in [1.82, 2.24) is 0 Å². The number of carboxylic acid groups (broad SMARTS) is 1. The summed E-state index contributed by atoms with van der Waals surface area (Å²) in [5, 5.41) is 17.9. The fraction of sp³-hybridized carbons (Fsp3) is 0.385. The summed E-state index contributed by atoms with van der Waals surface area (Å²) in [4.78, 5) is 11.1. The van der Waals surface area contributed by atoms with E-state index in [9.17, 15) is 9.00 Å². The Morgan fingerprint density at radius 1 is 1.53 bits per heavy atom. The fourth-order valence-corrected chi connectivity index (χ4v) is 2.44. The largest absolute Gasteiger partial charge is 0.496 e. The van der Waals surface area contributed by atoms with Gasteiger partial charge in [0, 0.05) is 16.4 Å². The van der Waals surface area contributed by atoms with E-state index >= 15 is 0 Å². The van der Waals surface area contributed by atoms with Gasteiger partial charge < -0.3 is 9.84 Å². The van der Waals surface area contributed by atoms with E-state index in [-0.39, 0.29) is 5.75 Å². The van der Waals surface area contributed by atoms with Gasteiger partial charge in [0.2, 0.25) is 0 Å². The molecule has 1 rings (SSSR count). The van der Waals surface area contributed by atoms with Crippen molar-refractivity contribution in [2.75, 3.05) is 7.11 Å². The molecular formula is C13H15NO4S. The first-order valence-corrected chi connectivity index (χ1v) is 6.83. The van der Waals surface area contributed by atoms with Crippen molar-refractivity contribution in [1.29, 1.82) is 5.26 Å². The van der Waals surface area contributed by atoms with E-state index in [1.807, 2.05) is 6.07 Å². The molecule has 0 aromatic heterocycles. The molecular weight excluding hydrogens is 266 g/mol. The van der Waals surface area contributed by atoms with Crippen LogP contribution in [0.25, 0.3) is 0 Å². The number of nitriles is 1. The quantitative estimate of drug-likeness (QED) is 0.887. The van der Waals surface area contributed by atoms with E-state index < -0.39 is 21.5 Å². The van der Waals surface area contributed by atoms with Crippen molar-refractivity contribution in [2.24, 2.45) is 0 Å². The van der Waals surface area contributed by atoms with Crippen LogP contribution < -0.4 is 4.74 Å². The van der Waals surface area contributed by atoms with Gasteiger partial charge in [-0.05, 0) is 32.0 Å². The first kappa shape index (κ1) is 15.2. The number of carbonyl (C=O) groups is 1. The van der Waals surface area contributed by atoms with Gasteiger partial charge in [-0.1, -0.05) is 0 Å². The molecule has 0 aliphatic rings. The Kier molecular flexibility index (Phi) is 4.67. The SMILES string of the molecule is COc1ccc(C#N)cc1CS(=O)C(C)(C)C(=O)O. The first-order valence-electron chi connectivity index (χ1n) is 5.51. The summed E-state index contributed by atoms with van der Waals surface area (Å²) in [6.45, 7) is 2.82. The number of aliphatic carboxylic acids is 1. The van der Waals surface area contributed by atoms with Gasteiger partial charge in [0.25, 0.3) is 0 Å². The standard InChI is InChI=1S/C13H15NO4S/c1-13(2,12(15)16)19(17)8-10-6-9(7-14)4-5-11(10)18-3/h4-6H,8H2,1-3H3,(H,15,16). The summed E-state index contributed by atoms with van der Waals surface area (Å²) < 4.78 is 15.9. The molecule has 0 fully saturated rings. The lowest BCUT2D eigenvalue weighted by molar-refractivity contribution is -0.139. The van der Waals surface area contributed by atoms with Crippen LogP contribution in [-0.2, 0) is 21.3 Å². The summed E-state index contributed by atoms with van der Waals surface area (Å²) in [5.41, 5.74) is 0.982. The van der Waals surface area contributed by atoms with Gasteiger partial charge >= 0.3 is 5.97 Å². The second-order valence-corrected chi connectivity index (χ2v) is 6.44. The predicted molar refractivity (Wildman–Crippen MR) is 71.3 cm³/mol. The number of rotatable bonds is 5. The number of carboxylic acids is 1. The molecule has 0 saturated heterocycles. The van der Waals surface area contributed by atoms with Crippen LogP contribution in [0.1, 0.15) is 25.0 Å². The van der Waals surface area contributed by atoms with Crippen LogP contribution in [-0.4, -0.2) is 27.1 Å². The van der Waals surface area contributed by atoms with Crippen LogP contribution in [0.2, 0.25) is 0 Å². The second kappa shape index (κ2) is 5.85. The second-order valence-electron chi connectivity index (χ2n) is 4.44. The van der Waals surface area contributed by atoms with Gasteiger partial charge in [0.05, 0.1) is 24.5 Å². The molecule has 0 aliphatic carbocycles. The van der Waals surface area contributed by atoms with Gasteiger partial charge in [-0.15, -0.1) is 0 Å². The van der Waals surface area contributed by atoms with Crippen LogP contribution in [0.15, 0.2) is 18.2 Å². The van der Waals surface area contributed by atoms with E-state index in [0.717, 1.165) is 0 Å². The third-order valence-corrected chi connectivity index (χ3v) is 4.67. The van der Waals surface area contributed by atoms with Crippen molar-refractivity contribution in [3.05, 3.63) is 29.3 Å². The van der Waals surface area contributed by atoms with Gasteiger partial charge in [0.1, 0.15) is 10.5 Å². The van der Waals surface area contributed by atoms with Gasteiger partial charge in [-0.3, -0.25) is 9.00 Å². The molecule has 5 nitrogen and oxygen atoms in total. The summed E-state index contributed by atoms with van der Waals surface area (Å²) in [6.07, 6.45) is 0. The Balaban J connectivity index is 3.09. The molecule has 1 N–H and O–H groups in total. The third-order valence-electron chi connectivity index (χ3n) is 2.78. The molecule has 0 bridgehead atoms. The van der Waals surface area contributed by atoms with E-state index in [4.69, 9.17) is 15.1 Å². The maximum absolute atomic E-state index is 12.1. The lowest BCUT2D eigenvalue weighted by Crippen LogP contribution is -2.37. The Morgan fingerprint density at radius 3 is 2.63 bits per heavy atom. The normalized spacial score (nSPS) is 12.5. The topological polar surface area (TPSA) is 87.4 Å². The molecule has 19 heavy (non-hydrogen) atoms. The van der Waals surface area contributed by atoms with E-state index in [1.165, 1.54) is 21.0 Å². The molecule has 0 amide bonds. The molecule has 6 heteroatoms.